The average molecular weight is 469 g/mol. The molecule has 7 nitrogen and oxygen atoms in total. The molecule has 0 N–H and O–H groups in total. The lowest BCUT2D eigenvalue weighted by molar-refractivity contribution is 0.0767. The Hall–Kier alpha value is -4.20. The first kappa shape index (κ1) is 22.6. The van der Waals surface area contributed by atoms with Crippen molar-refractivity contribution < 1.29 is 9.18 Å². The molecule has 4 aromatic rings. The molecule has 176 valence electrons. The van der Waals surface area contributed by atoms with Gasteiger partial charge in [0.25, 0.3) is 5.91 Å². The van der Waals surface area contributed by atoms with E-state index in [2.05, 4.69) is 24.8 Å². The molecule has 2 aromatic carbocycles. The number of nitrogens with zero attached hydrogens (tertiary/aromatic N) is 6. The maximum atomic E-state index is 13.6. The first-order valence-corrected chi connectivity index (χ1v) is 11.6. The van der Waals surface area contributed by atoms with E-state index in [1.165, 1.54) is 12.1 Å². The fraction of sp³-hybridized carbons (Fsp3) is 0.222. The summed E-state index contributed by atoms with van der Waals surface area (Å²) in [6.45, 7) is 4.56. The van der Waals surface area contributed by atoms with Crippen LogP contribution in [0.2, 0.25) is 0 Å². The summed E-state index contributed by atoms with van der Waals surface area (Å²) in [6, 6.07) is 13.8. The molecule has 1 saturated heterocycles. The van der Waals surface area contributed by atoms with Crippen LogP contribution in [0.1, 0.15) is 22.3 Å². The maximum absolute atomic E-state index is 13.6. The fourth-order valence-corrected chi connectivity index (χ4v) is 4.24. The smallest absolute Gasteiger partial charge is 0.254 e. The van der Waals surface area contributed by atoms with E-state index in [1.54, 1.807) is 43.0 Å². The zero-order valence-corrected chi connectivity index (χ0v) is 19.4. The molecule has 0 saturated carbocycles. The van der Waals surface area contributed by atoms with Crippen LogP contribution in [0.25, 0.3) is 22.5 Å². The van der Waals surface area contributed by atoms with Crippen molar-refractivity contribution in [3.8, 4) is 22.5 Å². The zero-order valence-electron chi connectivity index (χ0n) is 19.4. The fourth-order valence-electron chi connectivity index (χ4n) is 4.24. The van der Waals surface area contributed by atoms with E-state index in [1.807, 2.05) is 30.0 Å². The summed E-state index contributed by atoms with van der Waals surface area (Å²) >= 11 is 0. The molecular formula is C27H25FN6O. The van der Waals surface area contributed by atoms with Gasteiger partial charge < -0.3 is 9.80 Å². The molecule has 8 heteroatoms. The third kappa shape index (κ3) is 5.01. The molecule has 1 fully saturated rings. The van der Waals surface area contributed by atoms with Crippen LogP contribution in [0, 0.1) is 12.7 Å². The van der Waals surface area contributed by atoms with Crippen molar-refractivity contribution in [2.75, 3.05) is 31.1 Å². The minimum Gasteiger partial charge on any atom is -0.339 e. The second kappa shape index (κ2) is 9.97. The van der Waals surface area contributed by atoms with Gasteiger partial charge in [-0.25, -0.2) is 24.3 Å². The molecule has 5 rings (SSSR count). The maximum Gasteiger partial charge on any atom is 0.254 e. The van der Waals surface area contributed by atoms with Crippen LogP contribution in [-0.4, -0.2) is 56.9 Å². The highest BCUT2D eigenvalue weighted by Crippen LogP contribution is 2.24. The van der Waals surface area contributed by atoms with Gasteiger partial charge in [-0.15, -0.1) is 0 Å². The van der Waals surface area contributed by atoms with Gasteiger partial charge >= 0.3 is 0 Å². The monoisotopic (exact) mass is 468 g/mol. The Bertz CT molecular complexity index is 1310. The Morgan fingerprint density at radius 1 is 0.857 bits per heavy atom. The van der Waals surface area contributed by atoms with Gasteiger partial charge in [0, 0.05) is 62.1 Å². The standard InChI is InChI=1S/C27H25FN6O/c1-19-4-9-23(25-29-10-2-11-30-25)24(16-19)26(35)33-12-3-13-34(15-14-33)27-31-17-21(18-32-27)20-5-7-22(28)8-6-20/h2,4-11,16-18H,3,12-15H2,1H3. The number of halogens is 1. The summed E-state index contributed by atoms with van der Waals surface area (Å²) < 4.78 is 13.2. The highest BCUT2D eigenvalue weighted by atomic mass is 19.1. The van der Waals surface area contributed by atoms with Crippen molar-refractivity contribution >= 4 is 11.9 Å². The van der Waals surface area contributed by atoms with E-state index in [4.69, 9.17) is 0 Å². The number of aryl methyl sites for hydroxylation is 1. The van der Waals surface area contributed by atoms with Crippen LogP contribution in [0.15, 0.2) is 73.3 Å². The van der Waals surface area contributed by atoms with E-state index >= 15 is 0 Å². The number of amides is 1. The molecule has 1 aliphatic heterocycles. The zero-order chi connectivity index (χ0) is 24.2. The number of anilines is 1. The molecule has 0 atom stereocenters. The predicted molar refractivity (Wildman–Crippen MR) is 132 cm³/mol. The molecule has 1 amide bonds. The lowest BCUT2D eigenvalue weighted by atomic mass is 10.0. The van der Waals surface area contributed by atoms with Crippen LogP contribution in [0.5, 0.6) is 0 Å². The summed E-state index contributed by atoms with van der Waals surface area (Å²) in [5.41, 5.74) is 4.06. The van der Waals surface area contributed by atoms with E-state index in [-0.39, 0.29) is 11.7 Å². The largest absolute Gasteiger partial charge is 0.339 e. The van der Waals surface area contributed by atoms with Crippen molar-refractivity contribution in [1.82, 2.24) is 24.8 Å². The summed E-state index contributed by atoms with van der Waals surface area (Å²) in [4.78, 5) is 35.3. The number of aromatic nitrogens is 4. The summed E-state index contributed by atoms with van der Waals surface area (Å²) in [5.74, 6) is 0.871. The first-order chi connectivity index (χ1) is 17.1. The highest BCUT2D eigenvalue weighted by Gasteiger charge is 2.24. The van der Waals surface area contributed by atoms with Gasteiger partial charge in [0.15, 0.2) is 5.82 Å². The molecule has 0 radical (unpaired) electrons. The van der Waals surface area contributed by atoms with Crippen molar-refractivity contribution in [3.63, 3.8) is 0 Å². The Kier molecular flexibility index (Phi) is 6.43. The quantitative estimate of drug-likeness (QED) is 0.442. The van der Waals surface area contributed by atoms with E-state index in [0.29, 0.717) is 37.0 Å². The number of benzene rings is 2. The lowest BCUT2D eigenvalue weighted by Crippen LogP contribution is -2.36. The van der Waals surface area contributed by atoms with Gasteiger partial charge in [-0.1, -0.05) is 29.8 Å². The minimum atomic E-state index is -0.274. The number of rotatable bonds is 4. The van der Waals surface area contributed by atoms with Crippen LogP contribution in [0.3, 0.4) is 0 Å². The highest BCUT2D eigenvalue weighted by molar-refractivity contribution is 6.00. The SMILES string of the molecule is Cc1ccc(-c2ncccn2)c(C(=O)N2CCCN(c3ncc(-c4ccc(F)cc4)cn3)CC2)c1. The average Bonchev–Trinajstić information content (AvgIpc) is 3.16. The predicted octanol–water partition coefficient (Wildman–Crippen LogP) is 4.40. The van der Waals surface area contributed by atoms with Gasteiger partial charge in [-0.2, -0.15) is 0 Å². The van der Waals surface area contributed by atoms with Crippen molar-refractivity contribution in [2.45, 2.75) is 13.3 Å². The van der Waals surface area contributed by atoms with Crippen LogP contribution in [0.4, 0.5) is 10.3 Å². The second-order valence-corrected chi connectivity index (χ2v) is 8.53. The third-order valence-corrected chi connectivity index (χ3v) is 6.09. The second-order valence-electron chi connectivity index (χ2n) is 8.53. The van der Waals surface area contributed by atoms with E-state index in [0.717, 1.165) is 35.2 Å². The van der Waals surface area contributed by atoms with Gasteiger partial charge in [-0.3, -0.25) is 4.79 Å². The molecule has 3 heterocycles. The van der Waals surface area contributed by atoms with E-state index in [9.17, 15) is 9.18 Å². The van der Waals surface area contributed by atoms with Crippen LogP contribution >= 0.6 is 0 Å². The minimum absolute atomic E-state index is 0.0226. The van der Waals surface area contributed by atoms with E-state index < -0.39 is 0 Å². The summed E-state index contributed by atoms with van der Waals surface area (Å²) in [7, 11) is 0. The molecule has 0 bridgehead atoms. The number of hydrogen-bond acceptors (Lipinski definition) is 6. The van der Waals surface area contributed by atoms with Crippen LogP contribution in [-0.2, 0) is 0 Å². The summed E-state index contributed by atoms with van der Waals surface area (Å²) in [5, 5.41) is 0. The number of carbonyl (C=O) groups excluding carboxylic acids is 1. The van der Waals surface area contributed by atoms with Crippen molar-refractivity contribution in [2.24, 2.45) is 0 Å². The van der Waals surface area contributed by atoms with Gasteiger partial charge in [0.1, 0.15) is 5.82 Å². The Morgan fingerprint density at radius 3 is 2.34 bits per heavy atom. The Labute approximate surface area is 203 Å². The Balaban J connectivity index is 1.31. The topological polar surface area (TPSA) is 75.1 Å². The molecule has 0 spiro atoms. The molecular weight excluding hydrogens is 443 g/mol. The third-order valence-electron chi connectivity index (χ3n) is 6.09. The van der Waals surface area contributed by atoms with Crippen molar-refractivity contribution in [3.05, 3.63) is 90.3 Å². The summed E-state index contributed by atoms with van der Waals surface area (Å²) in [6.07, 6.45) is 7.67. The number of carbonyl (C=O) groups is 1. The molecule has 2 aromatic heterocycles. The molecule has 0 aliphatic carbocycles. The van der Waals surface area contributed by atoms with Gasteiger partial charge in [-0.05, 0) is 43.2 Å². The van der Waals surface area contributed by atoms with Gasteiger partial charge in [0.2, 0.25) is 5.95 Å². The first-order valence-electron chi connectivity index (χ1n) is 11.6. The lowest BCUT2D eigenvalue weighted by Gasteiger charge is -2.23. The van der Waals surface area contributed by atoms with Gasteiger partial charge in [0.05, 0.1) is 5.56 Å². The normalized spacial score (nSPS) is 14.0. The molecule has 1 aliphatic rings. The van der Waals surface area contributed by atoms with Crippen molar-refractivity contribution in [1.29, 1.82) is 0 Å². The Morgan fingerprint density at radius 2 is 1.60 bits per heavy atom. The molecule has 35 heavy (non-hydrogen) atoms. The molecule has 0 unspecified atom stereocenters. The van der Waals surface area contributed by atoms with Crippen LogP contribution < -0.4 is 4.90 Å². The number of hydrogen-bond donors (Lipinski definition) is 0.